The number of fused-ring (bicyclic) bond motifs is 1. The van der Waals surface area contributed by atoms with E-state index in [2.05, 4.69) is 15.7 Å². The number of nitrogens with zero attached hydrogens (tertiary/aromatic N) is 4. The SMILES string of the molecule is COc1ccc(N2C(=O)[C@@H]3[C@@H](N=NN3CC(=O)Nc3c(C)cccc3C)C2=O)cc1OC. The van der Waals surface area contributed by atoms with Gasteiger partial charge in [0.05, 0.1) is 19.9 Å². The van der Waals surface area contributed by atoms with E-state index in [4.69, 9.17) is 9.47 Å². The minimum atomic E-state index is -0.997. The summed E-state index contributed by atoms with van der Waals surface area (Å²) in [6.45, 7) is 3.58. The third-order valence-electron chi connectivity index (χ3n) is 5.53. The molecule has 0 spiro atoms. The van der Waals surface area contributed by atoms with Crippen LogP contribution in [0, 0.1) is 13.8 Å². The van der Waals surface area contributed by atoms with Crippen molar-refractivity contribution in [2.75, 3.05) is 31.0 Å². The third kappa shape index (κ3) is 3.53. The average Bonchev–Trinajstić information content (AvgIpc) is 3.29. The Morgan fingerprint density at radius 3 is 2.38 bits per heavy atom. The topological polar surface area (TPSA) is 113 Å². The fraction of sp³-hybridized carbons (Fsp3) is 0.318. The molecule has 0 aromatic heterocycles. The molecule has 2 aromatic rings. The summed E-state index contributed by atoms with van der Waals surface area (Å²) in [6, 6.07) is 8.48. The number of carbonyl (C=O) groups is 3. The number of para-hydroxylation sites is 1. The molecule has 0 bridgehead atoms. The summed E-state index contributed by atoms with van der Waals surface area (Å²) in [5.74, 6) is -0.508. The van der Waals surface area contributed by atoms with Gasteiger partial charge in [0.15, 0.2) is 23.6 Å². The number of ether oxygens (including phenoxy) is 2. The van der Waals surface area contributed by atoms with E-state index in [1.54, 1.807) is 18.2 Å². The van der Waals surface area contributed by atoms with Crippen LogP contribution >= 0.6 is 0 Å². The molecule has 4 rings (SSSR count). The van der Waals surface area contributed by atoms with Crippen LogP contribution in [0.2, 0.25) is 0 Å². The number of hydrogen-bond donors (Lipinski definition) is 1. The van der Waals surface area contributed by atoms with Crippen LogP contribution in [0.25, 0.3) is 0 Å². The number of aryl methyl sites for hydroxylation is 2. The van der Waals surface area contributed by atoms with E-state index in [1.807, 2.05) is 32.0 Å². The van der Waals surface area contributed by atoms with Gasteiger partial charge in [0, 0.05) is 11.8 Å². The standard InChI is InChI=1S/C22H23N5O5/c1-12-6-5-7-13(2)18(12)23-17(28)11-26-20-19(24-25-26)21(29)27(22(20)30)14-8-9-15(31-3)16(10-14)32-4/h5-10,19-20H,11H2,1-4H3,(H,23,28)/t19-,20+/m1/s1. The molecule has 32 heavy (non-hydrogen) atoms. The second-order valence-electron chi connectivity index (χ2n) is 7.56. The lowest BCUT2D eigenvalue weighted by molar-refractivity contribution is -0.123. The molecule has 2 aromatic carbocycles. The van der Waals surface area contributed by atoms with Crippen molar-refractivity contribution in [2.24, 2.45) is 10.3 Å². The zero-order valence-electron chi connectivity index (χ0n) is 18.2. The van der Waals surface area contributed by atoms with Gasteiger partial charge in [-0.1, -0.05) is 23.4 Å². The first-order valence-electron chi connectivity index (χ1n) is 9.99. The molecule has 10 heteroatoms. The molecule has 2 aliphatic heterocycles. The Balaban J connectivity index is 1.52. The Morgan fingerprint density at radius 2 is 1.72 bits per heavy atom. The third-order valence-corrected chi connectivity index (χ3v) is 5.53. The van der Waals surface area contributed by atoms with Gasteiger partial charge in [-0.05, 0) is 37.1 Å². The van der Waals surface area contributed by atoms with Crippen molar-refractivity contribution in [2.45, 2.75) is 25.9 Å². The van der Waals surface area contributed by atoms with Gasteiger partial charge in [-0.25, -0.2) is 4.90 Å². The van der Waals surface area contributed by atoms with Crippen LogP contribution in [0.5, 0.6) is 11.5 Å². The summed E-state index contributed by atoms with van der Waals surface area (Å²) < 4.78 is 10.5. The molecule has 1 N–H and O–H groups in total. The number of carbonyl (C=O) groups excluding carboxylic acids is 3. The fourth-order valence-electron chi connectivity index (χ4n) is 3.91. The highest BCUT2D eigenvalue weighted by molar-refractivity contribution is 6.25. The molecule has 1 saturated heterocycles. The van der Waals surface area contributed by atoms with E-state index in [0.717, 1.165) is 16.0 Å². The number of methoxy groups -OCH3 is 2. The van der Waals surface area contributed by atoms with Crippen molar-refractivity contribution >= 4 is 29.1 Å². The van der Waals surface area contributed by atoms with Crippen molar-refractivity contribution in [1.82, 2.24) is 5.01 Å². The van der Waals surface area contributed by atoms with Gasteiger partial charge in [-0.15, -0.1) is 0 Å². The molecule has 2 heterocycles. The first-order chi connectivity index (χ1) is 15.3. The lowest BCUT2D eigenvalue weighted by Crippen LogP contribution is -2.43. The second-order valence-corrected chi connectivity index (χ2v) is 7.56. The van der Waals surface area contributed by atoms with Crippen molar-refractivity contribution in [1.29, 1.82) is 0 Å². The Kier molecular flexibility index (Phi) is 5.52. The molecule has 0 unspecified atom stereocenters. The Morgan fingerprint density at radius 1 is 1.03 bits per heavy atom. The summed E-state index contributed by atoms with van der Waals surface area (Å²) in [7, 11) is 2.96. The van der Waals surface area contributed by atoms with Gasteiger partial charge in [-0.2, -0.15) is 5.11 Å². The van der Waals surface area contributed by atoms with Crippen LogP contribution in [0.4, 0.5) is 11.4 Å². The highest BCUT2D eigenvalue weighted by Gasteiger charge is 2.55. The molecule has 0 saturated carbocycles. The lowest BCUT2D eigenvalue weighted by atomic mass is 10.1. The van der Waals surface area contributed by atoms with Crippen LogP contribution in [0.3, 0.4) is 0 Å². The van der Waals surface area contributed by atoms with E-state index in [9.17, 15) is 14.4 Å². The Bertz CT molecular complexity index is 1110. The zero-order chi connectivity index (χ0) is 23.0. The molecule has 1 fully saturated rings. The second kappa shape index (κ2) is 8.29. The van der Waals surface area contributed by atoms with Gasteiger partial charge >= 0.3 is 0 Å². The van der Waals surface area contributed by atoms with Crippen molar-refractivity contribution in [3.8, 4) is 11.5 Å². The molecule has 10 nitrogen and oxygen atoms in total. The summed E-state index contributed by atoms with van der Waals surface area (Å²) in [6.07, 6.45) is 0. The number of hydrogen-bond acceptors (Lipinski definition) is 8. The maximum absolute atomic E-state index is 13.2. The number of nitrogens with one attached hydrogen (secondary N) is 1. The van der Waals surface area contributed by atoms with Crippen LogP contribution in [-0.2, 0) is 14.4 Å². The highest BCUT2D eigenvalue weighted by Crippen LogP contribution is 2.36. The fourth-order valence-corrected chi connectivity index (χ4v) is 3.91. The van der Waals surface area contributed by atoms with E-state index in [-0.39, 0.29) is 12.5 Å². The molecule has 0 radical (unpaired) electrons. The smallest absolute Gasteiger partial charge is 0.263 e. The molecule has 166 valence electrons. The van der Waals surface area contributed by atoms with Gasteiger partial charge < -0.3 is 14.8 Å². The zero-order valence-corrected chi connectivity index (χ0v) is 18.2. The van der Waals surface area contributed by atoms with E-state index >= 15 is 0 Å². The van der Waals surface area contributed by atoms with Crippen LogP contribution in [0.1, 0.15) is 11.1 Å². The lowest BCUT2D eigenvalue weighted by Gasteiger charge is -2.21. The van der Waals surface area contributed by atoms with Crippen LogP contribution in [-0.4, -0.2) is 55.6 Å². The van der Waals surface area contributed by atoms with Crippen molar-refractivity contribution in [3.05, 3.63) is 47.5 Å². The minimum Gasteiger partial charge on any atom is -0.493 e. The van der Waals surface area contributed by atoms with Crippen molar-refractivity contribution in [3.63, 3.8) is 0 Å². The minimum absolute atomic E-state index is 0.211. The molecular formula is C22H23N5O5. The summed E-state index contributed by atoms with van der Waals surface area (Å²) in [5, 5.41) is 12.0. The van der Waals surface area contributed by atoms with E-state index in [0.29, 0.717) is 22.9 Å². The number of rotatable bonds is 6. The molecule has 2 atom stereocenters. The largest absolute Gasteiger partial charge is 0.493 e. The molecule has 3 amide bonds. The quantitative estimate of drug-likeness (QED) is 0.694. The normalized spacial score (nSPS) is 19.4. The molecular weight excluding hydrogens is 414 g/mol. The maximum atomic E-state index is 13.2. The van der Waals surface area contributed by atoms with Gasteiger partial charge in [-0.3, -0.25) is 19.4 Å². The summed E-state index contributed by atoms with van der Waals surface area (Å²) >= 11 is 0. The van der Waals surface area contributed by atoms with Gasteiger partial charge in [0.2, 0.25) is 5.91 Å². The average molecular weight is 437 g/mol. The molecule has 2 aliphatic rings. The molecule has 0 aliphatic carbocycles. The monoisotopic (exact) mass is 437 g/mol. The summed E-state index contributed by atoms with van der Waals surface area (Å²) in [4.78, 5) is 39.8. The predicted octanol–water partition coefficient (Wildman–Crippen LogP) is 2.25. The van der Waals surface area contributed by atoms with Crippen LogP contribution < -0.4 is 19.7 Å². The van der Waals surface area contributed by atoms with E-state index in [1.165, 1.54) is 19.2 Å². The van der Waals surface area contributed by atoms with Gasteiger partial charge in [0.1, 0.15) is 6.54 Å². The Hall–Kier alpha value is -3.95. The number of imide groups is 1. The van der Waals surface area contributed by atoms with Gasteiger partial charge in [0.25, 0.3) is 11.8 Å². The number of amides is 3. The maximum Gasteiger partial charge on any atom is 0.263 e. The first kappa shape index (κ1) is 21.3. The van der Waals surface area contributed by atoms with E-state index < -0.39 is 23.9 Å². The number of anilines is 2. The summed E-state index contributed by atoms with van der Waals surface area (Å²) in [5.41, 5.74) is 2.89. The number of benzene rings is 2. The first-order valence-corrected chi connectivity index (χ1v) is 9.99. The predicted molar refractivity (Wildman–Crippen MR) is 116 cm³/mol. The Labute approximate surface area is 184 Å². The highest BCUT2D eigenvalue weighted by atomic mass is 16.5. The van der Waals surface area contributed by atoms with Crippen LogP contribution in [0.15, 0.2) is 46.7 Å². The van der Waals surface area contributed by atoms with Crippen molar-refractivity contribution < 1.29 is 23.9 Å².